The summed E-state index contributed by atoms with van der Waals surface area (Å²) in [5, 5.41) is 3.03. The number of nitrogens with zero attached hydrogens (tertiary/aromatic N) is 1. The maximum Gasteiger partial charge on any atom is 0.261 e. The van der Waals surface area contributed by atoms with E-state index < -0.39 is 0 Å². The summed E-state index contributed by atoms with van der Waals surface area (Å²) in [6.45, 7) is 12.9. The molecule has 0 bridgehead atoms. The predicted molar refractivity (Wildman–Crippen MR) is 116 cm³/mol. The number of amides is 1. The summed E-state index contributed by atoms with van der Waals surface area (Å²) in [6.07, 6.45) is 1.63. The second-order valence-corrected chi connectivity index (χ2v) is 8.10. The van der Waals surface area contributed by atoms with Gasteiger partial charge in [-0.15, -0.1) is 0 Å². The van der Waals surface area contributed by atoms with E-state index in [0.717, 1.165) is 41.9 Å². The maximum atomic E-state index is 13.1. The zero-order valence-electron chi connectivity index (χ0n) is 17.1. The van der Waals surface area contributed by atoms with Gasteiger partial charge in [-0.1, -0.05) is 45.9 Å². The number of benzene rings is 1. The lowest BCUT2D eigenvalue weighted by molar-refractivity contribution is 0.102. The smallest absolute Gasteiger partial charge is 0.261 e. The van der Waals surface area contributed by atoms with Crippen LogP contribution in [-0.2, 0) is 19.4 Å². The molecule has 0 spiro atoms. The van der Waals surface area contributed by atoms with Gasteiger partial charge >= 0.3 is 0 Å². The van der Waals surface area contributed by atoms with Gasteiger partial charge in [0.05, 0.1) is 4.47 Å². The molecule has 0 aliphatic rings. The highest BCUT2D eigenvalue weighted by molar-refractivity contribution is 9.10. The molecule has 0 radical (unpaired) electrons. The van der Waals surface area contributed by atoms with E-state index in [1.807, 2.05) is 32.0 Å². The number of nitrogens with one attached hydrogen (secondary N) is 1. The topological polar surface area (TPSA) is 51.1 Å². The van der Waals surface area contributed by atoms with E-state index in [1.54, 1.807) is 0 Å². The number of halogens is 1. The Bertz CT molecular complexity index is 891. The summed E-state index contributed by atoms with van der Waals surface area (Å²) in [4.78, 5) is 26.0. The van der Waals surface area contributed by atoms with Gasteiger partial charge in [0.15, 0.2) is 0 Å². The minimum absolute atomic E-state index is 0.209. The number of anilines is 1. The largest absolute Gasteiger partial charge is 0.347 e. The summed E-state index contributed by atoms with van der Waals surface area (Å²) in [7, 11) is 0. The minimum Gasteiger partial charge on any atom is -0.347 e. The molecule has 0 aliphatic heterocycles. The van der Waals surface area contributed by atoms with Crippen molar-refractivity contribution >= 4 is 27.5 Å². The van der Waals surface area contributed by atoms with Gasteiger partial charge in [-0.3, -0.25) is 9.59 Å². The van der Waals surface area contributed by atoms with E-state index >= 15 is 0 Å². The lowest BCUT2D eigenvalue weighted by Crippen LogP contribution is -2.29. The standard InChI is InChI=1S/C22H29BrN2O2/c1-7-16-10-9-11-17(8-2)20(16)24-22(27)18-14(5)25(12-13(3)4)15(6)19(23)21(18)26/h9-11,13H,7-8,12H2,1-6H3,(H,24,27). The molecule has 1 aromatic heterocycles. The Morgan fingerprint density at radius 1 is 1.11 bits per heavy atom. The van der Waals surface area contributed by atoms with Gasteiger partial charge in [0.1, 0.15) is 5.56 Å². The molecule has 1 amide bonds. The molecule has 1 aromatic carbocycles. The van der Waals surface area contributed by atoms with E-state index in [1.165, 1.54) is 0 Å². The average Bonchev–Trinajstić information content (AvgIpc) is 2.63. The fourth-order valence-corrected chi connectivity index (χ4v) is 3.84. The first-order valence-electron chi connectivity index (χ1n) is 9.54. The van der Waals surface area contributed by atoms with E-state index in [-0.39, 0.29) is 16.9 Å². The van der Waals surface area contributed by atoms with Crippen LogP contribution in [0.4, 0.5) is 5.69 Å². The van der Waals surface area contributed by atoms with Gasteiger partial charge in [-0.25, -0.2) is 0 Å². The molecule has 0 fully saturated rings. The van der Waals surface area contributed by atoms with Gasteiger partial charge in [0.25, 0.3) is 5.91 Å². The van der Waals surface area contributed by atoms with Crippen molar-refractivity contribution in [2.24, 2.45) is 5.92 Å². The Labute approximate surface area is 170 Å². The Morgan fingerprint density at radius 2 is 1.67 bits per heavy atom. The normalized spacial score (nSPS) is 11.1. The van der Waals surface area contributed by atoms with Crippen molar-refractivity contribution in [1.29, 1.82) is 0 Å². The van der Waals surface area contributed by atoms with Crippen LogP contribution in [0.3, 0.4) is 0 Å². The van der Waals surface area contributed by atoms with Crippen LogP contribution in [0.25, 0.3) is 0 Å². The summed E-state index contributed by atoms with van der Waals surface area (Å²) >= 11 is 3.40. The summed E-state index contributed by atoms with van der Waals surface area (Å²) in [5.74, 6) is 0.0616. The van der Waals surface area contributed by atoms with Crippen LogP contribution in [-0.4, -0.2) is 10.5 Å². The summed E-state index contributed by atoms with van der Waals surface area (Å²) in [6, 6.07) is 6.05. The Morgan fingerprint density at radius 3 is 2.15 bits per heavy atom. The predicted octanol–water partition coefficient (Wildman–Crippen LogP) is 5.26. The van der Waals surface area contributed by atoms with Crippen LogP contribution in [0.15, 0.2) is 27.5 Å². The van der Waals surface area contributed by atoms with Crippen molar-refractivity contribution < 1.29 is 4.79 Å². The molecule has 5 heteroatoms. The molecule has 0 unspecified atom stereocenters. The lowest BCUT2D eigenvalue weighted by atomic mass is 10.0. The zero-order valence-corrected chi connectivity index (χ0v) is 18.7. The Kier molecular flexibility index (Phi) is 7.04. The minimum atomic E-state index is -0.341. The van der Waals surface area contributed by atoms with Crippen LogP contribution in [0, 0.1) is 19.8 Å². The first-order valence-corrected chi connectivity index (χ1v) is 10.3. The molecule has 1 N–H and O–H groups in total. The number of hydrogen-bond acceptors (Lipinski definition) is 2. The fourth-order valence-electron chi connectivity index (χ4n) is 3.43. The van der Waals surface area contributed by atoms with Gasteiger partial charge in [0.2, 0.25) is 5.43 Å². The van der Waals surface area contributed by atoms with Gasteiger partial charge in [-0.05, 0) is 59.7 Å². The molecule has 0 atom stereocenters. The highest BCUT2D eigenvalue weighted by atomic mass is 79.9. The average molecular weight is 433 g/mol. The number of rotatable bonds is 6. The molecule has 146 valence electrons. The number of carbonyl (C=O) groups excluding carboxylic acids is 1. The van der Waals surface area contributed by atoms with Crippen LogP contribution in [0.5, 0.6) is 0 Å². The van der Waals surface area contributed by atoms with Gasteiger partial charge in [0, 0.05) is 23.6 Å². The third kappa shape index (κ3) is 4.34. The Balaban J connectivity index is 2.58. The second kappa shape index (κ2) is 8.87. The number of carbonyl (C=O) groups is 1. The van der Waals surface area contributed by atoms with Crippen LogP contribution >= 0.6 is 15.9 Å². The number of para-hydroxylation sites is 1. The first-order chi connectivity index (χ1) is 12.7. The van der Waals surface area contributed by atoms with Crippen molar-refractivity contribution in [3.63, 3.8) is 0 Å². The zero-order chi connectivity index (χ0) is 20.3. The highest BCUT2D eigenvalue weighted by Gasteiger charge is 2.22. The first kappa shape index (κ1) is 21.4. The summed E-state index contributed by atoms with van der Waals surface area (Å²) in [5.41, 5.74) is 4.50. The second-order valence-electron chi connectivity index (χ2n) is 7.31. The van der Waals surface area contributed by atoms with E-state index in [2.05, 4.69) is 53.5 Å². The molecule has 0 saturated heterocycles. The monoisotopic (exact) mass is 432 g/mol. The van der Waals surface area contributed by atoms with E-state index in [4.69, 9.17) is 0 Å². The van der Waals surface area contributed by atoms with Crippen molar-refractivity contribution in [2.75, 3.05) is 5.32 Å². The molecular formula is C22H29BrN2O2. The SMILES string of the molecule is CCc1cccc(CC)c1NC(=O)c1c(C)n(CC(C)C)c(C)c(Br)c1=O. The molecular weight excluding hydrogens is 404 g/mol. The van der Waals surface area contributed by atoms with Crippen molar-refractivity contribution in [1.82, 2.24) is 4.57 Å². The maximum absolute atomic E-state index is 13.1. The molecule has 2 rings (SSSR count). The number of aryl methyl sites for hydroxylation is 2. The molecule has 27 heavy (non-hydrogen) atoms. The number of hydrogen-bond donors (Lipinski definition) is 1. The van der Waals surface area contributed by atoms with Crippen molar-refractivity contribution in [3.8, 4) is 0 Å². The lowest BCUT2D eigenvalue weighted by Gasteiger charge is -2.21. The summed E-state index contributed by atoms with van der Waals surface area (Å²) < 4.78 is 2.51. The third-order valence-corrected chi connectivity index (χ3v) is 5.86. The fraction of sp³-hybridized carbons (Fsp3) is 0.455. The molecule has 2 aromatic rings. The van der Waals surface area contributed by atoms with Gasteiger partial charge < -0.3 is 9.88 Å². The Hall–Kier alpha value is -1.88. The quantitative estimate of drug-likeness (QED) is 0.676. The van der Waals surface area contributed by atoms with Crippen molar-refractivity contribution in [3.05, 3.63) is 61.0 Å². The molecule has 4 nitrogen and oxygen atoms in total. The van der Waals surface area contributed by atoms with E-state index in [0.29, 0.717) is 16.1 Å². The van der Waals surface area contributed by atoms with Crippen LogP contribution < -0.4 is 10.7 Å². The van der Waals surface area contributed by atoms with Gasteiger partial charge in [-0.2, -0.15) is 0 Å². The number of pyridine rings is 1. The third-order valence-electron chi connectivity index (χ3n) is 4.93. The van der Waals surface area contributed by atoms with Crippen molar-refractivity contribution in [2.45, 2.75) is 60.9 Å². The molecule has 1 heterocycles. The van der Waals surface area contributed by atoms with Crippen LogP contribution in [0.1, 0.15) is 60.6 Å². The number of aromatic nitrogens is 1. The van der Waals surface area contributed by atoms with E-state index in [9.17, 15) is 9.59 Å². The van der Waals surface area contributed by atoms with Crippen LogP contribution in [0.2, 0.25) is 0 Å². The molecule has 0 saturated carbocycles. The molecule has 0 aliphatic carbocycles. The highest BCUT2D eigenvalue weighted by Crippen LogP contribution is 2.24.